The zero-order valence-corrected chi connectivity index (χ0v) is 21.1. The van der Waals surface area contributed by atoms with E-state index in [-0.39, 0.29) is 46.5 Å². The number of nitrogens with zero attached hydrogens (tertiary/aromatic N) is 1. The van der Waals surface area contributed by atoms with Crippen molar-refractivity contribution in [2.45, 2.75) is 31.3 Å². The molecule has 0 aromatic heterocycles. The van der Waals surface area contributed by atoms with Crippen LogP contribution in [-0.2, 0) is 14.3 Å². The molecular formula is C27H25ClN2O6. The van der Waals surface area contributed by atoms with Gasteiger partial charge in [-0.1, -0.05) is 48.9 Å². The van der Waals surface area contributed by atoms with Gasteiger partial charge in [0.15, 0.2) is 17.1 Å². The molecule has 0 radical (unpaired) electrons. The van der Waals surface area contributed by atoms with Gasteiger partial charge in [0.1, 0.15) is 22.2 Å². The maximum absolute atomic E-state index is 13.5. The first-order chi connectivity index (χ1) is 17.3. The Morgan fingerprint density at radius 2 is 1.83 bits per heavy atom. The number of nitrogens with one attached hydrogen (secondary N) is 1. The number of carbonyl (C=O) groups excluding carboxylic acids is 2. The molecule has 9 heteroatoms. The number of hydrogen-bond acceptors (Lipinski definition) is 8. The predicted molar refractivity (Wildman–Crippen MR) is 134 cm³/mol. The van der Waals surface area contributed by atoms with Crippen LogP contribution in [-0.4, -0.2) is 50.1 Å². The van der Waals surface area contributed by atoms with Gasteiger partial charge in [0.25, 0.3) is 0 Å². The fourth-order valence-corrected chi connectivity index (χ4v) is 5.70. The third-order valence-electron chi connectivity index (χ3n) is 7.18. The molecule has 3 unspecified atom stereocenters. The van der Waals surface area contributed by atoms with Gasteiger partial charge in [0.2, 0.25) is 0 Å². The van der Waals surface area contributed by atoms with E-state index in [1.165, 1.54) is 21.3 Å². The van der Waals surface area contributed by atoms with Crippen LogP contribution in [0.2, 0.25) is 5.02 Å². The van der Waals surface area contributed by atoms with Crippen LogP contribution in [0.1, 0.15) is 36.8 Å². The number of esters is 1. The highest BCUT2D eigenvalue weighted by Gasteiger charge is 2.60. The summed E-state index contributed by atoms with van der Waals surface area (Å²) in [5.41, 5.74) is 0.674. The molecule has 1 spiro atoms. The van der Waals surface area contributed by atoms with E-state index < -0.39 is 23.4 Å². The summed E-state index contributed by atoms with van der Waals surface area (Å²) in [7, 11) is 4.25. The number of Topliss-reactive ketones (excluding diaryl/α,β-unsaturated/α-hetero) is 1. The smallest absolute Gasteiger partial charge is 0.352 e. The summed E-state index contributed by atoms with van der Waals surface area (Å²) in [6.07, 6.45) is 0.336. The maximum Gasteiger partial charge on any atom is 0.352 e. The predicted octanol–water partition coefficient (Wildman–Crippen LogP) is 4.52. The van der Waals surface area contributed by atoms with Crippen LogP contribution in [0.5, 0.6) is 17.2 Å². The second-order valence-electron chi connectivity index (χ2n) is 9.02. The van der Waals surface area contributed by atoms with Crippen LogP contribution in [0.3, 0.4) is 0 Å². The van der Waals surface area contributed by atoms with E-state index in [2.05, 4.69) is 4.99 Å². The Bertz CT molecular complexity index is 1370. The minimum atomic E-state index is -1.46. The molecule has 0 saturated heterocycles. The number of carbonyl (C=O) groups is 2. The van der Waals surface area contributed by atoms with Gasteiger partial charge in [0.05, 0.1) is 38.3 Å². The van der Waals surface area contributed by atoms with E-state index >= 15 is 0 Å². The van der Waals surface area contributed by atoms with Gasteiger partial charge in [-0.05, 0) is 5.56 Å². The Balaban J connectivity index is 1.80. The van der Waals surface area contributed by atoms with E-state index in [0.29, 0.717) is 22.6 Å². The average molecular weight is 509 g/mol. The molecule has 8 nitrogen and oxygen atoms in total. The second-order valence-corrected chi connectivity index (χ2v) is 9.40. The minimum absolute atomic E-state index is 0.0630. The lowest BCUT2D eigenvalue weighted by Crippen LogP contribution is -2.53. The molecule has 1 N–H and O–H groups in total. The van der Waals surface area contributed by atoms with Crippen LogP contribution in [0, 0.1) is 11.3 Å². The van der Waals surface area contributed by atoms with Gasteiger partial charge in [-0.3, -0.25) is 10.2 Å². The van der Waals surface area contributed by atoms with Crippen molar-refractivity contribution in [3.05, 3.63) is 63.8 Å². The van der Waals surface area contributed by atoms with E-state index in [1.807, 2.05) is 37.3 Å². The van der Waals surface area contributed by atoms with Gasteiger partial charge in [-0.15, -0.1) is 0 Å². The van der Waals surface area contributed by atoms with Crippen molar-refractivity contribution in [2.75, 3.05) is 21.3 Å². The van der Waals surface area contributed by atoms with Crippen molar-refractivity contribution in [3.63, 3.8) is 0 Å². The zero-order chi connectivity index (χ0) is 25.8. The number of benzene rings is 2. The van der Waals surface area contributed by atoms with Crippen molar-refractivity contribution in [1.29, 1.82) is 5.41 Å². The fourth-order valence-electron chi connectivity index (χ4n) is 5.43. The number of rotatable bonds is 4. The lowest BCUT2D eigenvalue weighted by Gasteiger charge is -2.42. The topological polar surface area (TPSA) is 107 Å². The number of allylic oxidation sites excluding steroid dienone is 1. The number of aliphatic imine (C=N–C) groups is 1. The van der Waals surface area contributed by atoms with Gasteiger partial charge in [-0.2, -0.15) is 0 Å². The Kier molecular flexibility index (Phi) is 5.87. The summed E-state index contributed by atoms with van der Waals surface area (Å²) >= 11 is 6.63. The van der Waals surface area contributed by atoms with Crippen LogP contribution in [0.4, 0.5) is 0 Å². The van der Waals surface area contributed by atoms with Crippen LogP contribution in [0.15, 0.2) is 52.7 Å². The van der Waals surface area contributed by atoms with Crippen molar-refractivity contribution < 1.29 is 28.5 Å². The van der Waals surface area contributed by atoms with Gasteiger partial charge in [-0.25, -0.2) is 9.79 Å². The first kappa shape index (κ1) is 24.1. The van der Waals surface area contributed by atoms with Crippen LogP contribution >= 0.6 is 11.6 Å². The molecule has 2 aromatic rings. The highest BCUT2D eigenvalue weighted by atomic mass is 35.5. The van der Waals surface area contributed by atoms with E-state index in [1.54, 1.807) is 6.07 Å². The molecule has 0 fully saturated rings. The van der Waals surface area contributed by atoms with Crippen molar-refractivity contribution in [2.24, 2.45) is 10.9 Å². The molecule has 0 saturated carbocycles. The molecule has 2 heterocycles. The number of halogens is 1. The van der Waals surface area contributed by atoms with E-state index in [0.717, 1.165) is 5.56 Å². The summed E-state index contributed by atoms with van der Waals surface area (Å²) in [5, 5.41) is 9.50. The standard InChI is InChI=1S/C27H25ClN2O6/c1-13-10-17(31)20-15(14-8-6-5-7-9-14)11-16(26(32)35-4)30-25(20)27(13)24(29)21-18(33-2)12-19(34-3)22(28)23(21)36-27/h5-9,12-13,15,29H,10-11H2,1-4H3. The Morgan fingerprint density at radius 1 is 1.14 bits per heavy atom. The molecule has 1 aliphatic carbocycles. The van der Waals surface area contributed by atoms with Gasteiger partial charge in [0, 0.05) is 36.3 Å². The summed E-state index contributed by atoms with van der Waals surface area (Å²) in [4.78, 5) is 30.9. The van der Waals surface area contributed by atoms with Crippen molar-refractivity contribution >= 4 is 34.8 Å². The molecule has 2 aromatic carbocycles. The quantitative estimate of drug-likeness (QED) is 0.608. The minimum Gasteiger partial charge on any atom is -0.496 e. The first-order valence-corrected chi connectivity index (χ1v) is 11.9. The van der Waals surface area contributed by atoms with Crippen molar-refractivity contribution in [1.82, 2.24) is 0 Å². The van der Waals surface area contributed by atoms with E-state index in [9.17, 15) is 15.0 Å². The lowest BCUT2D eigenvalue weighted by atomic mass is 9.66. The number of methoxy groups -OCH3 is 3. The molecule has 3 atom stereocenters. The largest absolute Gasteiger partial charge is 0.496 e. The molecule has 36 heavy (non-hydrogen) atoms. The van der Waals surface area contributed by atoms with Gasteiger partial charge < -0.3 is 18.9 Å². The Morgan fingerprint density at radius 3 is 2.47 bits per heavy atom. The molecule has 2 aliphatic heterocycles. The number of ketones is 1. The summed E-state index contributed by atoms with van der Waals surface area (Å²) in [6, 6.07) is 11.1. The molecule has 3 aliphatic rings. The molecular weight excluding hydrogens is 484 g/mol. The summed E-state index contributed by atoms with van der Waals surface area (Å²) in [6.45, 7) is 1.83. The monoisotopic (exact) mass is 508 g/mol. The first-order valence-electron chi connectivity index (χ1n) is 11.5. The lowest BCUT2D eigenvalue weighted by molar-refractivity contribution is -0.133. The van der Waals surface area contributed by atoms with Crippen LogP contribution < -0.4 is 14.2 Å². The fraction of sp³-hybridized carbons (Fsp3) is 0.333. The maximum atomic E-state index is 13.5. The van der Waals surface area contributed by atoms with Gasteiger partial charge >= 0.3 is 5.97 Å². The van der Waals surface area contributed by atoms with Crippen molar-refractivity contribution in [3.8, 4) is 17.2 Å². The summed E-state index contributed by atoms with van der Waals surface area (Å²) in [5.74, 6) is -0.704. The second kappa shape index (κ2) is 8.78. The zero-order valence-electron chi connectivity index (χ0n) is 20.3. The normalized spacial score (nSPS) is 24.6. The molecule has 5 rings (SSSR count). The SMILES string of the molecule is COC(=O)C1=NC2=C(C(=O)CC(C)C23Oc2c(Cl)c(OC)cc(OC)c2C3=N)C(c2ccccc2)C1. The molecule has 0 amide bonds. The third kappa shape index (κ3) is 3.27. The third-order valence-corrected chi connectivity index (χ3v) is 7.54. The Hall–Kier alpha value is -3.65. The van der Waals surface area contributed by atoms with E-state index in [4.69, 9.17) is 30.5 Å². The van der Waals surface area contributed by atoms with Crippen LogP contribution in [0.25, 0.3) is 0 Å². The number of ether oxygens (including phenoxy) is 4. The number of hydrogen-bond donors (Lipinski definition) is 1. The Labute approximate surface area is 213 Å². The highest BCUT2D eigenvalue weighted by Crippen LogP contribution is 2.57. The average Bonchev–Trinajstić information content (AvgIpc) is 3.21. The molecule has 186 valence electrons. The highest BCUT2D eigenvalue weighted by molar-refractivity contribution is 6.38. The molecule has 0 bridgehead atoms. The number of fused-ring (bicyclic) bond motifs is 2. The summed E-state index contributed by atoms with van der Waals surface area (Å²) < 4.78 is 22.5.